The van der Waals surface area contributed by atoms with Gasteiger partial charge in [-0.25, -0.2) is 8.42 Å². The van der Waals surface area contributed by atoms with Crippen molar-refractivity contribution in [3.05, 3.63) is 0 Å². The van der Waals surface area contributed by atoms with Gasteiger partial charge in [0.25, 0.3) is 11.0 Å². The summed E-state index contributed by atoms with van der Waals surface area (Å²) in [6.45, 7) is 4.67. The average Bonchev–Trinajstić information content (AvgIpc) is 2.27. The van der Waals surface area contributed by atoms with Gasteiger partial charge in [-0.15, -0.1) is 0 Å². The Labute approximate surface area is 102 Å². The van der Waals surface area contributed by atoms with Crippen molar-refractivity contribution >= 4 is 11.0 Å². The SMILES string of the molecule is CCCCCCCCC(CC)CO[SH](=O)=O. The summed E-state index contributed by atoms with van der Waals surface area (Å²) >= 11 is 0. The van der Waals surface area contributed by atoms with Gasteiger partial charge in [0.1, 0.15) is 0 Å². The molecule has 16 heavy (non-hydrogen) atoms. The summed E-state index contributed by atoms with van der Waals surface area (Å²) in [5, 5.41) is 0. The molecule has 0 fully saturated rings. The zero-order valence-electron chi connectivity index (χ0n) is 10.6. The van der Waals surface area contributed by atoms with E-state index in [4.69, 9.17) is 0 Å². The Morgan fingerprint density at radius 1 is 1.00 bits per heavy atom. The summed E-state index contributed by atoms with van der Waals surface area (Å²) in [7, 11) is -2.67. The van der Waals surface area contributed by atoms with Gasteiger partial charge in [0.15, 0.2) is 0 Å². The van der Waals surface area contributed by atoms with Crippen molar-refractivity contribution in [2.75, 3.05) is 6.61 Å². The molecule has 98 valence electrons. The van der Waals surface area contributed by atoms with Gasteiger partial charge >= 0.3 is 0 Å². The number of hydrogen-bond donors (Lipinski definition) is 1. The zero-order valence-corrected chi connectivity index (χ0v) is 11.5. The summed E-state index contributed by atoms with van der Waals surface area (Å²) in [6, 6.07) is 0. The van der Waals surface area contributed by atoms with E-state index in [9.17, 15) is 8.42 Å². The molecule has 0 aromatic heterocycles. The van der Waals surface area contributed by atoms with Crippen molar-refractivity contribution in [1.29, 1.82) is 0 Å². The highest BCUT2D eigenvalue weighted by atomic mass is 32.2. The van der Waals surface area contributed by atoms with Gasteiger partial charge in [0.05, 0.1) is 6.61 Å². The first-order chi connectivity index (χ1) is 7.70. The molecule has 0 aromatic rings. The van der Waals surface area contributed by atoms with Gasteiger partial charge in [-0.05, 0) is 12.3 Å². The molecule has 0 radical (unpaired) electrons. The van der Waals surface area contributed by atoms with Crippen molar-refractivity contribution in [3.63, 3.8) is 0 Å². The minimum atomic E-state index is -2.67. The first-order valence-corrected chi connectivity index (χ1v) is 7.57. The standard InChI is InChI=1S/C12H26O3S/c1-3-5-6-7-8-9-10-12(4-2)11-15-16(13)14/h12,16H,3-11H2,1-2H3. The first kappa shape index (κ1) is 15.9. The van der Waals surface area contributed by atoms with Crippen molar-refractivity contribution in [2.24, 2.45) is 5.92 Å². The summed E-state index contributed by atoms with van der Waals surface area (Å²) in [5.41, 5.74) is 0. The second-order valence-corrected chi connectivity index (χ2v) is 5.06. The molecule has 3 nitrogen and oxygen atoms in total. The molecule has 0 saturated heterocycles. The molecular weight excluding hydrogens is 224 g/mol. The van der Waals surface area contributed by atoms with Crippen LogP contribution in [-0.4, -0.2) is 15.0 Å². The molecule has 1 atom stereocenters. The fourth-order valence-electron chi connectivity index (χ4n) is 1.78. The number of unbranched alkanes of at least 4 members (excludes halogenated alkanes) is 5. The monoisotopic (exact) mass is 250 g/mol. The number of thiol groups is 1. The number of hydrogen-bond acceptors (Lipinski definition) is 3. The van der Waals surface area contributed by atoms with E-state index in [0.717, 1.165) is 12.8 Å². The molecular formula is C12H26O3S. The highest BCUT2D eigenvalue weighted by Crippen LogP contribution is 2.15. The van der Waals surface area contributed by atoms with E-state index in [2.05, 4.69) is 18.0 Å². The van der Waals surface area contributed by atoms with Crippen LogP contribution in [0, 0.1) is 5.92 Å². The van der Waals surface area contributed by atoms with Crippen LogP contribution < -0.4 is 0 Å². The third kappa shape index (κ3) is 10.4. The summed E-state index contributed by atoms with van der Waals surface area (Å²) in [6.07, 6.45) is 9.79. The van der Waals surface area contributed by atoms with Crippen LogP contribution >= 0.6 is 0 Å². The van der Waals surface area contributed by atoms with Crippen LogP contribution in [0.1, 0.15) is 65.2 Å². The van der Waals surface area contributed by atoms with E-state index >= 15 is 0 Å². The van der Waals surface area contributed by atoms with Crippen LogP contribution in [0.2, 0.25) is 0 Å². The Hall–Kier alpha value is -0.0900. The Morgan fingerprint density at radius 2 is 1.62 bits per heavy atom. The van der Waals surface area contributed by atoms with Gasteiger partial charge in [0, 0.05) is 0 Å². The third-order valence-electron chi connectivity index (χ3n) is 2.96. The maximum Gasteiger partial charge on any atom is 0.257 e. The van der Waals surface area contributed by atoms with Gasteiger partial charge in [0.2, 0.25) is 0 Å². The van der Waals surface area contributed by atoms with E-state index in [-0.39, 0.29) is 0 Å². The topological polar surface area (TPSA) is 43.4 Å². The quantitative estimate of drug-likeness (QED) is 0.452. The molecule has 0 spiro atoms. The molecule has 0 aliphatic rings. The van der Waals surface area contributed by atoms with Crippen LogP contribution in [0.4, 0.5) is 0 Å². The normalized spacial score (nSPS) is 13.2. The Bertz CT molecular complexity index is 206. The minimum Gasteiger partial charge on any atom is -0.272 e. The van der Waals surface area contributed by atoms with Crippen molar-refractivity contribution in [2.45, 2.75) is 65.2 Å². The van der Waals surface area contributed by atoms with Crippen LogP contribution in [0.15, 0.2) is 0 Å². The third-order valence-corrected chi connectivity index (χ3v) is 3.32. The van der Waals surface area contributed by atoms with E-state index in [1.54, 1.807) is 0 Å². The Kier molecular flexibility index (Phi) is 11.3. The highest BCUT2D eigenvalue weighted by molar-refractivity contribution is 7.67. The molecule has 0 amide bonds. The van der Waals surface area contributed by atoms with Crippen molar-refractivity contribution < 1.29 is 12.6 Å². The van der Waals surface area contributed by atoms with Gasteiger partial charge < -0.3 is 0 Å². The van der Waals surface area contributed by atoms with E-state index in [1.165, 1.54) is 38.5 Å². The number of rotatable bonds is 11. The molecule has 0 saturated carbocycles. The molecule has 0 rings (SSSR count). The molecule has 0 aliphatic heterocycles. The molecule has 0 heterocycles. The molecule has 0 N–H and O–H groups in total. The smallest absolute Gasteiger partial charge is 0.257 e. The zero-order chi connectivity index (χ0) is 12.2. The largest absolute Gasteiger partial charge is 0.272 e. The Morgan fingerprint density at radius 3 is 2.19 bits per heavy atom. The predicted octanol–water partition coefficient (Wildman–Crippen LogP) is 3.31. The fraction of sp³-hybridized carbons (Fsp3) is 1.00. The lowest BCUT2D eigenvalue weighted by atomic mass is 9.99. The van der Waals surface area contributed by atoms with Crippen molar-refractivity contribution in [1.82, 2.24) is 0 Å². The molecule has 0 aromatic carbocycles. The summed E-state index contributed by atoms with van der Waals surface area (Å²) in [5.74, 6) is 0.402. The molecule has 1 unspecified atom stereocenters. The summed E-state index contributed by atoms with van der Waals surface area (Å²) in [4.78, 5) is 0. The van der Waals surface area contributed by atoms with E-state index in [1.807, 2.05) is 0 Å². The maximum atomic E-state index is 10.3. The lowest BCUT2D eigenvalue weighted by Crippen LogP contribution is -2.08. The lowest BCUT2D eigenvalue weighted by Gasteiger charge is -2.12. The van der Waals surface area contributed by atoms with Crippen LogP contribution in [0.25, 0.3) is 0 Å². The van der Waals surface area contributed by atoms with Crippen LogP contribution in [0.5, 0.6) is 0 Å². The van der Waals surface area contributed by atoms with E-state index < -0.39 is 11.0 Å². The highest BCUT2D eigenvalue weighted by Gasteiger charge is 2.06. The molecule has 4 heteroatoms. The van der Waals surface area contributed by atoms with E-state index in [0.29, 0.717) is 12.5 Å². The Balaban J connectivity index is 3.40. The van der Waals surface area contributed by atoms with Gasteiger partial charge in [-0.3, -0.25) is 4.18 Å². The second kappa shape index (κ2) is 11.4. The van der Waals surface area contributed by atoms with Gasteiger partial charge in [-0.2, -0.15) is 0 Å². The fourth-order valence-corrected chi connectivity index (χ4v) is 2.12. The van der Waals surface area contributed by atoms with Gasteiger partial charge in [-0.1, -0.05) is 58.8 Å². The predicted molar refractivity (Wildman–Crippen MR) is 68.0 cm³/mol. The van der Waals surface area contributed by atoms with Crippen molar-refractivity contribution in [3.8, 4) is 0 Å². The minimum absolute atomic E-state index is 0.365. The summed E-state index contributed by atoms with van der Waals surface area (Å²) < 4.78 is 25.2. The van der Waals surface area contributed by atoms with Crippen LogP contribution in [0.3, 0.4) is 0 Å². The molecule has 0 bridgehead atoms. The second-order valence-electron chi connectivity index (χ2n) is 4.35. The van der Waals surface area contributed by atoms with Crippen LogP contribution in [-0.2, 0) is 15.2 Å². The lowest BCUT2D eigenvalue weighted by molar-refractivity contribution is 0.246. The maximum absolute atomic E-state index is 10.3. The average molecular weight is 250 g/mol. The first-order valence-electron chi connectivity index (χ1n) is 6.48. The molecule has 0 aliphatic carbocycles.